The van der Waals surface area contributed by atoms with Gasteiger partial charge in [0.15, 0.2) is 0 Å². The molecule has 3 aliphatic rings. The van der Waals surface area contributed by atoms with Gasteiger partial charge < -0.3 is 20.1 Å². The molecule has 0 amide bonds. The van der Waals surface area contributed by atoms with Crippen LogP contribution >= 0.6 is 11.6 Å². The fourth-order valence-electron chi connectivity index (χ4n) is 6.06. The topological polar surface area (TPSA) is 95.3 Å². The summed E-state index contributed by atoms with van der Waals surface area (Å²) in [5.41, 5.74) is 1.21. The maximum Gasteiger partial charge on any atom is 0.126 e. The van der Waals surface area contributed by atoms with Crippen LogP contribution in [0, 0.1) is 16.7 Å². The van der Waals surface area contributed by atoms with Gasteiger partial charge in [-0.2, -0.15) is 5.26 Å². The third-order valence-electron chi connectivity index (χ3n) is 8.19. The Bertz CT molecular complexity index is 1120. The molecular formula is C29H39ClN6O2. The number of nitrogens with one attached hydrogen (secondary N) is 2. The Morgan fingerprint density at radius 1 is 1.11 bits per heavy atom. The molecule has 9 heteroatoms. The first-order chi connectivity index (χ1) is 18.4. The minimum Gasteiger partial charge on any atom is -0.381 e. The lowest BCUT2D eigenvalue weighted by molar-refractivity contribution is -0.0842. The Hall–Kier alpha value is -2.44. The Balaban J connectivity index is 1.20. The molecule has 2 saturated heterocycles. The van der Waals surface area contributed by atoms with Gasteiger partial charge in [-0.1, -0.05) is 17.7 Å². The lowest BCUT2D eigenvalue weighted by atomic mass is 9.82. The predicted molar refractivity (Wildman–Crippen MR) is 150 cm³/mol. The summed E-state index contributed by atoms with van der Waals surface area (Å²) in [6.07, 6.45) is 8.39. The summed E-state index contributed by atoms with van der Waals surface area (Å²) in [6.45, 7) is 8.20. The van der Waals surface area contributed by atoms with Crippen molar-refractivity contribution in [2.75, 3.05) is 43.5 Å². The van der Waals surface area contributed by atoms with Crippen LogP contribution in [0.25, 0.3) is 11.3 Å². The van der Waals surface area contributed by atoms with Crippen LogP contribution in [0.4, 0.5) is 11.6 Å². The Morgan fingerprint density at radius 3 is 2.55 bits per heavy atom. The quantitative estimate of drug-likeness (QED) is 0.486. The van der Waals surface area contributed by atoms with Gasteiger partial charge in [-0.3, -0.25) is 4.90 Å². The van der Waals surface area contributed by atoms with E-state index in [0.29, 0.717) is 49.1 Å². The molecule has 0 radical (unpaired) electrons. The van der Waals surface area contributed by atoms with E-state index in [9.17, 15) is 5.26 Å². The van der Waals surface area contributed by atoms with Crippen LogP contribution < -0.4 is 10.6 Å². The van der Waals surface area contributed by atoms with Crippen LogP contribution in [0.15, 0.2) is 30.5 Å². The van der Waals surface area contributed by atoms with Crippen LogP contribution in [0.5, 0.6) is 0 Å². The minimum absolute atomic E-state index is 0.308. The number of ether oxygens (including phenoxy) is 2. The second-order valence-corrected chi connectivity index (χ2v) is 11.6. The van der Waals surface area contributed by atoms with Crippen molar-refractivity contribution < 1.29 is 9.47 Å². The van der Waals surface area contributed by atoms with Crippen LogP contribution in [-0.4, -0.2) is 72.0 Å². The van der Waals surface area contributed by atoms with Crippen molar-refractivity contribution in [2.24, 2.45) is 5.41 Å². The van der Waals surface area contributed by atoms with Crippen molar-refractivity contribution in [1.82, 2.24) is 14.9 Å². The third kappa shape index (κ3) is 6.58. The summed E-state index contributed by atoms with van der Waals surface area (Å²) in [7, 11) is 0. The SMILES string of the molecule is C[C@@H]1CN([C@H]2CC[C@H](Nc3cc(-c4cccc(NCC5(C#N)CCOCC5)n4)c(Cl)cn3)CC2)C[C@H](C)O1. The molecular weight excluding hydrogens is 500 g/mol. The fourth-order valence-corrected chi connectivity index (χ4v) is 6.26. The normalized spacial score (nSPS) is 27.8. The molecule has 8 nitrogen and oxygen atoms in total. The maximum atomic E-state index is 9.75. The van der Waals surface area contributed by atoms with Gasteiger partial charge >= 0.3 is 0 Å². The van der Waals surface area contributed by atoms with Crippen molar-refractivity contribution in [3.05, 3.63) is 35.5 Å². The first-order valence-corrected chi connectivity index (χ1v) is 14.3. The van der Waals surface area contributed by atoms with Gasteiger partial charge in [0, 0.05) is 56.7 Å². The fraction of sp³-hybridized carbons (Fsp3) is 0.621. The number of pyridine rings is 2. The zero-order chi connectivity index (χ0) is 26.5. The van der Waals surface area contributed by atoms with Crippen molar-refractivity contribution in [3.8, 4) is 17.3 Å². The Kier molecular flexibility index (Phi) is 8.69. The Morgan fingerprint density at radius 2 is 1.84 bits per heavy atom. The van der Waals surface area contributed by atoms with E-state index < -0.39 is 5.41 Å². The van der Waals surface area contributed by atoms with Gasteiger partial charge in [0.1, 0.15) is 11.6 Å². The number of hydrogen-bond acceptors (Lipinski definition) is 8. The van der Waals surface area contributed by atoms with Gasteiger partial charge in [0.2, 0.25) is 0 Å². The second-order valence-electron chi connectivity index (χ2n) is 11.2. The molecule has 1 aliphatic carbocycles. The number of rotatable bonds is 7. The van der Waals surface area contributed by atoms with E-state index in [4.69, 9.17) is 26.1 Å². The average molecular weight is 539 g/mol. The van der Waals surface area contributed by atoms with E-state index in [1.807, 2.05) is 24.3 Å². The van der Waals surface area contributed by atoms with Gasteiger partial charge in [-0.25, -0.2) is 9.97 Å². The molecule has 0 aromatic carbocycles. The molecule has 4 heterocycles. The maximum absolute atomic E-state index is 9.75. The summed E-state index contributed by atoms with van der Waals surface area (Å²) in [4.78, 5) is 12.0. The molecule has 2 N–H and O–H groups in total. The summed E-state index contributed by atoms with van der Waals surface area (Å²) in [5.74, 6) is 1.56. The first-order valence-electron chi connectivity index (χ1n) is 13.9. The molecule has 2 aromatic rings. The molecule has 1 saturated carbocycles. The summed E-state index contributed by atoms with van der Waals surface area (Å²) in [6, 6.07) is 11.4. The van der Waals surface area contributed by atoms with Gasteiger partial charge in [0.05, 0.1) is 34.4 Å². The van der Waals surface area contributed by atoms with Crippen molar-refractivity contribution >= 4 is 23.2 Å². The monoisotopic (exact) mass is 538 g/mol. The number of anilines is 2. The largest absolute Gasteiger partial charge is 0.381 e. The molecule has 2 aliphatic heterocycles. The van der Waals surface area contributed by atoms with E-state index in [-0.39, 0.29) is 0 Å². The van der Waals surface area contributed by atoms with E-state index in [1.54, 1.807) is 6.20 Å². The van der Waals surface area contributed by atoms with Crippen LogP contribution in [0.2, 0.25) is 5.02 Å². The molecule has 204 valence electrons. The van der Waals surface area contributed by atoms with E-state index in [2.05, 4.69) is 40.4 Å². The average Bonchev–Trinajstić information content (AvgIpc) is 2.93. The first kappa shape index (κ1) is 27.1. The molecule has 2 atom stereocenters. The standard InChI is InChI=1S/C29H39ClN6O2/c1-20-16-36(17-21(2)38-20)23-8-6-22(7-9-23)34-28-14-24(25(30)15-32-28)26-4-3-5-27(35-26)33-19-29(18-31)10-12-37-13-11-29/h3-5,14-15,20-23H,6-13,16-17,19H2,1-2H3,(H,32,34)(H,33,35)/t20-,21+,22-,23-. The van der Waals surface area contributed by atoms with Gasteiger partial charge in [-0.05, 0) is 70.6 Å². The molecule has 0 unspecified atom stereocenters. The number of nitriles is 1. The predicted octanol–water partition coefficient (Wildman–Crippen LogP) is 5.36. The lowest BCUT2D eigenvalue weighted by Gasteiger charge is -2.43. The zero-order valence-electron chi connectivity index (χ0n) is 22.5. The number of morpholine rings is 1. The number of hydrogen-bond donors (Lipinski definition) is 2. The molecule has 5 rings (SSSR count). The molecule has 2 aromatic heterocycles. The zero-order valence-corrected chi connectivity index (χ0v) is 23.2. The third-order valence-corrected chi connectivity index (χ3v) is 8.49. The molecule has 38 heavy (non-hydrogen) atoms. The van der Waals surface area contributed by atoms with Crippen LogP contribution in [0.1, 0.15) is 52.4 Å². The highest BCUT2D eigenvalue weighted by molar-refractivity contribution is 6.33. The van der Waals surface area contributed by atoms with E-state index >= 15 is 0 Å². The highest BCUT2D eigenvalue weighted by atomic mass is 35.5. The smallest absolute Gasteiger partial charge is 0.126 e. The van der Waals surface area contributed by atoms with E-state index in [1.165, 1.54) is 12.8 Å². The Labute approximate surface area is 231 Å². The molecule has 3 fully saturated rings. The van der Waals surface area contributed by atoms with Gasteiger partial charge in [-0.15, -0.1) is 0 Å². The summed E-state index contributed by atoms with van der Waals surface area (Å²) >= 11 is 6.57. The van der Waals surface area contributed by atoms with Crippen LogP contribution in [-0.2, 0) is 9.47 Å². The van der Waals surface area contributed by atoms with Crippen molar-refractivity contribution in [3.63, 3.8) is 0 Å². The van der Waals surface area contributed by atoms with Crippen LogP contribution in [0.3, 0.4) is 0 Å². The van der Waals surface area contributed by atoms with Gasteiger partial charge in [0.25, 0.3) is 0 Å². The molecule has 0 bridgehead atoms. The molecule has 0 spiro atoms. The van der Waals surface area contributed by atoms with E-state index in [0.717, 1.165) is 61.7 Å². The summed E-state index contributed by atoms with van der Waals surface area (Å²) < 4.78 is 11.4. The number of aromatic nitrogens is 2. The second kappa shape index (κ2) is 12.2. The summed E-state index contributed by atoms with van der Waals surface area (Å²) in [5, 5.41) is 17.3. The highest BCUT2D eigenvalue weighted by Crippen LogP contribution is 2.33. The highest BCUT2D eigenvalue weighted by Gasteiger charge is 2.33. The number of halogens is 1. The van der Waals surface area contributed by atoms with Crippen molar-refractivity contribution in [1.29, 1.82) is 5.26 Å². The number of nitrogens with zero attached hydrogens (tertiary/aromatic N) is 4. The lowest BCUT2D eigenvalue weighted by Crippen LogP contribution is -2.51. The minimum atomic E-state index is -0.418. The van der Waals surface area contributed by atoms with Crippen molar-refractivity contribution in [2.45, 2.75) is 76.7 Å².